The highest BCUT2D eigenvalue weighted by atomic mass is 32.2. The van der Waals surface area contributed by atoms with Crippen molar-refractivity contribution < 1.29 is 8.42 Å². The summed E-state index contributed by atoms with van der Waals surface area (Å²) in [6, 6.07) is 11.2. The molecule has 2 rings (SSSR count). The zero-order valence-electron chi connectivity index (χ0n) is 10.3. The van der Waals surface area contributed by atoms with Gasteiger partial charge in [0.25, 0.3) is 0 Å². The SMILES string of the molecule is CS(=O)(=O)Nc1cncc(C#Cc2ccccc2)c1. The summed E-state index contributed by atoms with van der Waals surface area (Å²) >= 11 is 0. The van der Waals surface area contributed by atoms with Gasteiger partial charge in [0.1, 0.15) is 0 Å². The van der Waals surface area contributed by atoms with Crippen molar-refractivity contribution in [3.63, 3.8) is 0 Å². The van der Waals surface area contributed by atoms with Crippen molar-refractivity contribution in [2.45, 2.75) is 0 Å². The Balaban J connectivity index is 2.23. The summed E-state index contributed by atoms with van der Waals surface area (Å²) in [4.78, 5) is 3.95. The van der Waals surface area contributed by atoms with Gasteiger partial charge < -0.3 is 0 Å². The summed E-state index contributed by atoms with van der Waals surface area (Å²) < 4.78 is 24.6. The van der Waals surface area contributed by atoms with E-state index in [1.807, 2.05) is 30.3 Å². The van der Waals surface area contributed by atoms with Crippen LogP contribution >= 0.6 is 0 Å². The largest absolute Gasteiger partial charge is 0.282 e. The lowest BCUT2D eigenvalue weighted by molar-refractivity contribution is 0.607. The standard InChI is InChI=1S/C14H12N2O2S/c1-19(17,18)16-14-9-13(10-15-11-14)8-7-12-5-3-2-4-6-12/h2-6,9-11,16H,1H3. The molecular weight excluding hydrogens is 260 g/mol. The summed E-state index contributed by atoms with van der Waals surface area (Å²) in [5, 5.41) is 0. The summed E-state index contributed by atoms with van der Waals surface area (Å²) in [5.41, 5.74) is 1.95. The zero-order chi connectivity index (χ0) is 13.7. The molecule has 0 spiro atoms. The van der Waals surface area contributed by atoms with E-state index in [0.717, 1.165) is 11.8 Å². The number of anilines is 1. The van der Waals surface area contributed by atoms with Gasteiger partial charge in [-0.3, -0.25) is 9.71 Å². The number of nitrogens with zero attached hydrogens (tertiary/aromatic N) is 1. The topological polar surface area (TPSA) is 59.1 Å². The van der Waals surface area contributed by atoms with Crippen LogP contribution in [0, 0.1) is 11.8 Å². The minimum absolute atomic E-state index is 0.405. The van der Waals surface area contributed by atoms with Crippen molar-refractivity contribution in [3.8, 4) is 11.8 Å². The second-order valence-electron chi connectivity index (χ2n) is 3.95. The van der Waals surface area contributed by atoms with E-state index in [9.17, 15) is 8.42 Å². The fourth-order valence-electron chi connectivity index (χ4n) is 1.44. The molecule has 0 radical (unpaired) electrons. The number of aromatic nitrogens is 1. The number of hydrogen-bond acceptors (Lipinski definition) is 3. The maximum Gasteiger partial charge on any atom is 0.229 e. The summed E-state index contributed by atoms with van der Waals surface area (Å²) in [6.45, 7) is 0. The van der Waals surface area contributed by atoms with Gasteiger partial charge in [-0.15, -0.1) is 0 Å². The third-order valence-corrected chi connectivity index (χ3v) is 2.77. The van der Waals surface area contributed by atoms with Gasteiger partial charge in [-0.1, -0.05) is 30.0 Å². The maximum absolute atomic E-state index is 11.1. The van der Waals surface area contributed by atoms with Crippen molar-refractivity contribution in [2.75, 3.05) is 11.0 Å². The highest BCUT2D eigenvalue weighted by Gasteiger charge is 2.01. The molecule has 2 aromatic rings. The van der Waals surface area contributed by atoms with E-state index >= 15 is 0 Å². The molecule has 1 aromatic heterocycles. The summed E-state index contributed by atoms with van der Waals surface area (Å²) in [5.74, 6) is 5.92. The first-order chi connectivity index (χ1) is 9.03. The average molecular weight is 272 g/mol. The third kappa shape index (κ3) is 4.45. The van der Waals surface area contributed by atoms with Gasteiger partial charge in [0, 0.05) is 17.3 Å². The second-order valence-corrected chi connectivity index (χ2v) is 5.70. The fourth-order valence-corrected chi connectivity index (χ4v) is 1.98. The first-order valence-corrected chi connectivity index (χ1v) is 7.42. The molecule has 0 saturated carbocycles. The average Bonchev–Trinajstić information content (AvgIpc) is 2.36. The Morgan fingerprint density at radius 3 is 2.42 bits per heavy atom. The minimum Gasteiger partial charge on any atom is -0.282 e. The fraction of sp³-hybridized carbons (Fsp3) is 0.0714. The highest BCUT2D eigenvalue weighted by molar-refractivity contribution is 7.92. The molecule has 19 heavy (non-hydrogen) atoms. The van der Waals surface area contributed by atoms with Crippen LogP contribution in [0.3, 0.4) is 0 Å². The highest BCUT2D eigenvalue weighted by Crippen LogP contribution is 2.09. The number of sulfonamides is 1. The Bertz CT molecular complexity index is 729. The quantitative estimate of drug-likeness (QED) is 0.849. The predicted octanol–water partition coefficient (Wildman–Crippen LogP) is 1.85. The zero-order valence-corrected chi connectivity index (χ0v) is 11.1. The second kappa shape index (κ2) is 5.55. The molecule has 5 heteroatoms. The van der Waals surface area contributed by atoms with E-state index in [4.69, 9.17) is 0 Å². The van der Waals surface area contributed by atoms with Gasteiger partial charge in [-0.25, -0.2) is 8.42 Å². The van der Waals surface area contributed by atoms with Gasteiger partial charge in [0.05, 0.1) is 18.1 Å². The smallest absolute Gasteiger partial charge is 0.229 e. The normalized spacial score (nSPS) is 10.4. The van der Waals surface area contributed by atoms with E-state index in [0.29, 0.717) is 11.3 Å². The molecule has 96 valence electrons. The molecule has 1 heterocycles. The van der Waals surface area contributed by atoms with Crippen molar-refractivity contribution in [2.24, 2.45) is 0 Å². The monoisotopic (exact) mass is 272 g/mol. The van der Waals surface area contributed by atoms with Crippen molar-refractivity contribution in [1.29, 1.82) is 0 Å². The summed E-state index contributed by atoms with van der Waals surface area (Å²) in [7, 11) is -3.30. The number of benzene rings is 1. The van der Waals surface area contributed by atoms with Crippen LogP contribution in [-0.2, 0) is 10.0 Å². The Labute approximate surface area is 112 Å². The van der Waals surface area contributed by atoms with Crippen LogP contribution in [0.1, 0.15) is 11.1 Å². The summed E-state index contributed by atoms with van der Waals surface area (Å²) in [6.07, 6.45) is 4.12. The van der Waals surface area contributed by atoms with E-state index < -0.39 is 10.0 Å². The Morgan fingerprint density at radius 1 is 1.05 bits per heavy atom. The van der Waals surface area contributed by atoms with Gasteiger partial charge in [0.15, 0.2) is 0 Å². The number of nitrogens with one attached hydrogen (secondary N) is 1. The third-order valence-electron chi connectivity index (χ3n) is 2.17. The van der Waals surface area contributed by atoms with Crippen molar-refractivity contribution in [1.82, 2.24) is 4.98 Å². The molecule has 0 aliphatic heterocycles. The van der Waals surface area contributed by atoms with E-state index in [1.54, 1.807) is 12.3 Å². The molecule has 0 fully saturated rings. The lowest BCUT2D eigenvalue weighted by Gasteiger charge is -2.02. The molecule has 1 aromatic carbocycles. The molecular formula is C14H12N2O2S. The van der Waals surface area contributed by atoms with E-state index in [2.05, 4.69) is 21.5 Å². The van der Waals surface area contributed by atoms with Gasteiger partial charge in [-0.2, -0.15) is 0 Å². The van der Waals surface area contributed by atoms with Crippen LogP contribution in [0.5, 0.6) is 0 Å². The first-order valence-electron chi connectivity index (χ1n) is 5.53. The van der Waals surface area contributed by atoms with Crippen LogP contribution < -0.4 is 4.72 Å². The maximum atomic E-state index is 11.1. The lowest BCUT2D eigenvalue weighted by Crippen LogP contribution is -2.09. The Morgan fingerprint density at radius 2 is 1.74 bits per heavy atom. The molecule has 0 aliphatic rings. The minimum atomic E-state index is -3.30. The first kappa shape index (κ1) is 13.1. The van der Waals surface area contributed by atoms with Gasteiger partial charge in [-0.05, 0) is 18.2 Å². The van der Waals surface area contributed by atoms with E-state index in [-0.39, 0.29) is 0 Å². The Hall–Kier alpha value is -2.32. The number of rotatable bonds is 2. The van der Waals surface area contributed by atoms with Crippen LogP contribution in [-0.4, -0.2) is 19.7 Å². The molecule has 4 nitrogen and oxygen atoms in total. The van der Waals surface area contributed by atoms with Gasteiger partial charge in [0.2, 0.25) is 10.0 Å². The van der Waals surface area contributed by atoms with E-state index in [1.165, 1.54) is 6.20 Å². The van der Waals surface area contributed by atoms with Crippen LogP contribution in [0.2, 0.25) is 0 Å². The molecule has 0 saturated heterocycles. The van der Waals surface area contributed by atoms with Crippen molar-refractivity contribution >= 4 is 15.7 Å². The molecule has 1 N–H and O–H groups in total. The molecule has 0 aliphatic carbocycles. The lowest BCUT2D eigenvalue weighted by atomic mass is 10.2. The van der Waals surface area contributed by atoms with Crippen molar-refractivity contribution in [3.05, 3.63) is 59.9 Å². The number of hydrogen-bond donors (Lipinski definition) is 1. The van der Waals surface area contributed by atoms with Crippen LogP contribution in [0.4, 0.5) is 5.69 Å². The molecule has 0 atom stereocenters. The Kier molecular flexibility index (Phi) is 3.83. The van der Waals surface area contributed by atoms with Gasteiger partial charge >= 0.3 is 0 Å². The molecule has 0 bridgehead atoms. The molecule has 0 amide bonds. The van der Waals surface area contributed by atoms with Crippen LogP contribution in [0.25, 0.3) is 0 Å². The molecule has 0 unspecified atom stereocenters. The number of pyridine rings is 1. The predicted molar refractivity (Wildman–Crippen MR) is 75.1 cm³/mol. The van der Waals surface area contributed by atoms with Crippen LogP contribution in [0.15, 0.2) is 48.8 Å².